The summed E-state index contributed by atoms with van der Waals surface area (Å²) in [5.41, 5.74) is 0. The van der Waals surface area contributed by atoms with E-state index >= 15 is 0 Å². The lowest BCUT2D eigenvalue weighted by molar-refractivity contribution is 0.300. The van der Waals surface area contributed by atoms with Gasteiger partial charge in [0.05, 0.1) is 0 Å². The largest absolute Gasteiger partial charge is 0.360 e. The molecule has 0 aliphatic heterocycles. The van der Waals surface area contributed by atoms with Crippen molar-refractivity contribution in [3.63, 3.8) is 0 Å². The molecule has 0 radical (unpaired) electrons. The van der Waals surface area contributed by atoms with Gasteiger partial charge in [-0.1, -0.05) is 25.4 Å². The van der Waals surface area contributed by atoms with Crippen LogP contribution in [0.4, 0.5) is 5.13 Å². The number of nitrogens with zero attached hydrogens (tertiary/aromatic N) is 2. The van der Waals surface area contributed by atoms with E-state index in [9.17, 15) is 0 Å². The summed E-state index contributed by atoms with van der Waals surface area (Å²) in [6.45, 7) is 8.65. The van der Waals surface area contributed by atoms with Crippen molar-refractivity contribution in [3.8, 4) is 0 Å². The molecule has 0 bridgehead atoms. The van der Waals surface area contributed by atoms with E-state index in [1.54, 1.807) is 11.3 Å². The zero-order chi connectivity index (χ0) is 11.1. The molecule has 1 aromatic heterocycles. The molecule has 1 rings (SSSR count). The first-order valence-electron chi connectivity index (χ1n) is 5.33. The summed E-state index contributed by atoms with van der Waals surface area (Å²) in [7, 11) is 0. The summed E-state index contributed by atoms with van der Waals surface area (Å²) in [5, 5.41) is 6.59. The number of likely N-dealkylation sites (N-methyl/N-ethyl adjacent to an activating group) is 1. The average Bonchev–Trinajstić information content (AvgIpc) is 2.63. The SMILES string of the molecule is CCCN(CC)CCNc1nc(Cl)cs1. The van der Waals surface area contributed by atoms with Crippen molar-refractivity contribution in [2.24, 2.45) is 0 Å². The topological polar surface area (TPSA) is 28.2 Å². The number of nitrogens with one attached hydrogen (secondary N) is 1. The van der Waals surface area contributed by atoms with E-state index < -0.39 is 0 Å². The number of hydrogen-bond acceptors (Lipinski definition) is 4. The van der Waals surface area contributed by atoms with Crippen LogP contribution in [0.5, 0.6) is 0 Å². The average molecular weight is 248 g/mol. The summed E-state index contributed by atoms with van der Waals surface area (Å²) in [6, 6.07) is 0. The van der Waals surface area contributed by atoms with Gasteiger partial charge in [0.25, 0.3) is 0 Å². The molecule has 5 heteroatoms. The van der Waals surface area contributed by atoms with Gasteiger partial charge < -0.3 is 10.2 Å². The summed E-state index contributed by atoms with van der Waals surface area (Å²) >= 11 is 7.28. The highest BCUT2D eigenvalue weighted by molar-refractivity contribution is 7.14. The van der Waals surface area contributed by atoms with Crippen LogP contribution in [0, 0.1) is 0 Å². The number of hydrogen-bond donors (Lipinski definition) is 1. The lowest BCUT2D eigenvalue weighted by atomic mass is 10.4. The molecule has 0 fully saturated rings. The Morgan fingerprint density at radius 2 is 2.27 bits per heavy atom. The van der Waals surface area contributed by atoms with Gasteiger partial charge in [0.15, 0.2) is 5.13 Å². The molecule has 86 valence electrons. The third kappa shape index (κ3) is 4.82. The normalized spacial score (nSPS) is 10.9. The van der Waals surface area contributed by atoms with Gasteiger partial charge in [-0.2, -0.15) is 0 Å². The molecule has 0 atom stereocenters. The van der Waals surface area contributed by atoms with Crippen LogP contribution < -0.4 is 5.32 Å². The standard InChI is InChI=1S/C10H18ClN3S/c1-3-6-14(4-2)7-5-12-10-13-9(11)8-15-10/h8H,3-7H2,1-2H3,(H,12,13). The summed E-state index contributed by atoms with van der Waals surface area (Å²) < 4.78 is 0. The van der Waals surface area contributed by atoms with Gasteiger partial charge in [0, 0.05) is 18.5 Å². The van der Waals surface area contributed by atoms with E-state index in [1.807, 2.05) is 5.38 Å². The summed E-state index contributed by atoms with van der Waals surface area (Å²) in [4.78, 5) is 6.55. The van der Waals surface area contributed by atoms with E-state index in [2.05, 4.69) is 29.0 Å². The first-order valence-corrected chi connectivity index (χ1v) is 6.59. The van der Waals surface area contributed by atoms with Gasteiger partial charge in [-0.3, -0.25) is 0 Å². The zero-order valence-electron chi connectivity index (χ0n) is 9.29. The Bertz CT molecular complexity index is 277. The molecular weight excluding hydrogens is 230 g/mol. The van der Waals surface area contributed by atoms with Crippen molar-refractivity contribution in [2.45, 2.75) is 20.3 Å². The first kappa shape index (κ1) is 12.7. The fourth-order valence-corrected chi connectivity index (χ4v) is 2.27. The summed E-state index contributed by atoms with van der Waals surface area (Å²) in [5.74, 6) is 0. The van der Waals surface area contributed by atoms with E-state index in [-0.39, 0.29) is 0 Å². The van der Waals surface area contributed by atoms with Gasteiger partial charge in [0.1, 0.15) is 5.15 Å². The van der Waals surface area contributed by atoms with Crippen LogP contribution in [0.2, 0.25) is 5.15 Å². The van der Waals surface area contributed by atoms with Crippen molar-refractivity contribution in [1.29, 1.82) is 0 Å². The van der Waals surface area contributed by atoms with Gasteiger partial charge in [-0.15, -0.1) is 11.3 Å². The van der Waals surface area contributed by atoms with Gasteiger partial charge >= 0.3 is 0 Å². The fraction of sp³-hybridized carbons (Fsp3) is 0.700. The molecule has 1 N–H and O–H groups in total. The Kier molecular flexibility index (Phi) is 5.98. The Morgan fingerprint density at radius 3 is 2.80 bits per heavy atom. The van der Waals surface area contributed by atoms with Crippen LogP contribution >= 0.6 is 22.9 Å². The molecule has 0 unspecified atom stereocenters. The minimum atomic E-state index is 0.573. The second-order valence-electron chi connectivity index (χ2n) is 3.34. The molecule has 0 aliphatic carbocycles. The summed E-state index contributed by atoms with van der Waals surface area (Å²) in [6.07, 6.45) is 1.21. The third-order valence-corrected chi connectivity index (χ3v) is 3.29. The molecule has 0 spiro atoms. The maximum atomic E-state index is 5.73. The minimum Gasteiger partial charge on any atom is -0.360 e. The van der Waals surface area contributed by atoms with Crippen molar-refractivity contribution in [1.82, 2.24) is 9.88 Å². The number of thiazole rings is 1. The molecule has 0 saturated heterocycles. The predicted octanol–water partition coefficient (Wildman–Crippen LogP) is 2.94. The molecule has 1 heterocycles. The maximum Gasteiger partial charge on any atom is 0.184 e. The Labute approximate surface area is 100 Å². The van der Waals surface area contributed by atoms with Crippen LogP contribution in [0.3, 0.4) is 0 Å². The van der Waals surface area contributed by atoms with Gasteiger partial charge in [0.2, 0.25) is 0 Å². The molecular formula is C10H18ClN3S. The second-order valence-corrected chi connectivity index (χ2v) is 4.58. The first-order chi connectivity index (χ1) is 7.26. The smallest absolute Gasteiger partial charge is 0.184 e. The van der Waals surface area contributed by atoms with Crippen LogP contribution in [0.15, 0.2) is 5.38 Å². The van der Waals surface area contributed by atoms with Gasteiger partial charge in [-0.05, 0) is 19.5 Å². The second kappa shape index (κ2) is 7.04. The Morgan fingerprint density at radius 1 is 1.47 bits per heavy atom. The lowest BCUT2D eigenvalue weighted by Crippen LogP contribution is -2.29. The monoisotopic (exact) mass is 247 g/mol. The molecule has 15 heavy (non-hydrogen) atoms. The minimum absolute atomic E-state index is 0.573. The predicted molar refractivity (Wildman–Crippen MR) is 68.0 cm³/mol. The van der Waals surface area contributed by atoms with E-state index in [0.717, 1.165) is 31.3 Å². The molecule has 3 nitrogen and oxygen atoms in total. The molecule has 0 aromatic carbocycles. The fourth-order valence-electron chi connectivity index (χ4n) is 1.40. The highest BCUT2D eigenvalue weighted by Crippen LogP contribution is 2.18. The van der Waals surface area contributed by atoms with Crippen molar-refractivity contribution >= 4 is 28.1 Å². The Hall–Kier alpha value is -0.320. The van der Waals surface area contributed by atoms with Crippen LogP contribution in [0.25, 0.3) is 0 Å². The van der Waals surface area contributed by atoms with Crippen molar-refractivity contribution < 1.29 is 0 Å². The third-order valence-electron chi connectivity index (χ3n) is 2.17. The highest BCUT2D eigenvalue weighted by Gasteiger charge is 2.01. The van der Waals surface area contributed by atoms with Crippen molar-refractivity contribution in [2.75, 3.05) is 31.5 Å². The van der Waals surface area contributed by atoms with Crippen molar-refractivity contribution in [3.05, 3.63) is 10.5 Å². The number of aromatic nitrogens is 1. The lowest BCUT2D eigenvalue weighted by Gasteiger charge is -2.19. The van der Waals surface area contributed by atoms with E-state index in [1.165, 1.54) is 6.42 Å². The Balaban J connectivity index is 2.20. The number of anilines is 1. The number of halogens is 1. The molecule has 0 amide bonds. The van der Waals surface area contributed by atoms with E-state index in [0.29, 0.717) is 5.15 Å². The van der Waals surface area contributed by atoms with Crippen LogP contribution in [-0.4, -0.2) is 36.1 Å². The van der Waals surface area contributed by atoms with Crippen LogP contribution in [0.1, 0.15) is 20.3 Å². The number of rotatable bonds is 7. The quantitative estimate of drug-likeness (QED) is 0.803. The van der Waals surface area contributed by atoms with E-state index in [4.69, 9.17) is 11.6 Å². The highest BCUT2D eigenvalue weighted by atomic mass is 35.5. The molecule has 0 saturated carbocycles. The maximum absolute atomic E-state index is 5.73. The molecule has 0 aliphatic rings. The molecule has 1 aromatic rings. The van der Waals surface area contributed by atoms with Crippen LogP contribution in [-0.2, 0) is 0 Å². The van der Waals surface area contributed by atoms with Gasteiger partial charge in [-0.25, -0.2) is 4.98 Å². The zero-order valence-corrected chi connectivity index (χ0v) is 10.9.